The smallest absolute Gasteiger partial charge is 0.392 e. The summed E-state index contributed by atoms with van der Waals surface area (Å²) in [6.45, 7) is -0.574. The molecule has 0 unspecified atom stereocenters. The molecule has 7 heteroatoms. The van der Waals surface area contributed by atoms with Gasteiger partial charge in [0.05, 0.1) is 18.6 Å². The predicted octanol–water partition coefficient (Wildman–Crippen LogP) is 1.87. The van der Waals surface area contributed by atoms with Crippen molar-refractivity contribution >= 4 is 5.69 Å². The van der Waals surface area contributed by atoms with Gasteiger partial charge >= 0.3 is 6.18 Å². The van der Waals surface area contributed by atoms with Crippen molar-refractivity contribution < 1.29 is 17.9 Å². The quantitative estimate of drug-likeness (QED) is 0.861. The zero-order chi connectivity index (χ0) is 12.2. The summed E-state index contributed by atoms with van der Waals surface area (Å²) in [4.78, 5) is 3.64. The van der Waals surface area contributed by atoms with Gasteiger partial charge in [-0.05, 0) is 6.07 Å². The van der Waals surface area contributed by atoms with Crippen molar-refractivity contribution in [2.24, 2.45) is 0 Å². The van der Waals surface area contributed by atoms with Crippen molar-refractivity contribution in [1.29, 1.82) is 5.26 Å². The van der Waals surface area contributed by atoms with Gasteiger partial charge < -0.3 is 10.5 Å². The molecule has 4 nitrogen and oxygen atoms in total. The Morgan fingerprint density at radius 3 is 2.75 bits per heavy atom. The Labute approximate surface area is 89.5 Å². The molecule has 1 aromatic rings. The molecule has 1 rings (SSSR count). The van der Waals surface area contributed by atoms with E-state index >= 15 is 0 Å². The molecule has 0 saturated carbocycles. The molecule has 0 aliphatic carbocycles. The van der Waals surface area contributed by atoms with Crippen LogP contribution >= 0.6 is 0 Å². The lowest BCUT2D eigenvalue weighted by Gasteiger charge is -2.09. The first-order chi connectivity index (χ1) is 7.44. The van der Waals surface area contributed by atoms with Gasteiger partial charge in [-0.15, -0.1) is 0 Å². The van der Waals surface area contributed by atoms with Crippen LogP contribution in [0.1, 0.15) is 12.0 Å². The van der Waals surface area contributed by atoms with Crippen molar-refractivity contribution in [1.82, 2.24) is 4.98 Å². The fourth-order valence-corrected chi connectivity index (χ4v) is 0.930. The zero-order valence-corrected chi connectivity index (χ0v) is 8.08. The van der Waals surface area contributed by atoms with Crippen LogP contribution in [0.15, 0.2) is 12.3 Å². The first-order valence-corrected chi connectivity index (χ1v) is 4.28. The molecular formula is C9H8F3N3O. The van der Waals surface area contributed by atoms with E-state index in [0.29, 0.717) is 0 Å². The van der Waals surface area contributed by atoms with Crippen molar-refractivity contribution in [2.45, 2.75) is 12.6 Å². The van der Waals surface area contributed by atoms with Crippen LogP contribution in [0.25, 0.3) is 0 Å². The van der Waals surface area contributed by atoms with Gasteiger partial charge in [0.25, 0.3) is 0 Å². The summed E-state index contributed by atoms with van der Waals surface area (Å²) >= 11 is 0. The Kier molecular flexibility index (Phi) is 3.55. The summed E-state index contributed by atoms with van der Waals surface area (Å²) in [5, 5.41) is 8.60. The summed E-state index contributed by atoms with van der Waals surface area (Å²) < 4.78 is 40.2. The van der Waals surface area contributed by atoms with Crippen molar-refractivity contribution in [3.8, 4) is 11.9 Å². The monoisotopic (exact) mass is 231 g/mol. The number of halogens is 3. The van der Waals surface area contributed by atoms with Crippen LogP contribution in [-0.4, -0.2) is 17.8 Å². The highest BCUT2D eigenvalue weighted by Crippen LogP contribution is 2.24. The summed E-state index contributed by atoms with van der Waals surface area (Å²) in [5.41, 5.74) is 5.53. The number of pyridine rings is 1. The average molecular weight is 231 g/mol. The highest BCUT2D eigenvalue weighted by Gasteiger charge is 2.27. The second-order valence-corrected chi connectivity index (χ2v) is 2.90. The molecule has 86 valence electrons. The molecule has 0 amide bonds. The Bertz CT molecular complexity index is 411. The van der Waals surface area contributed by atoms with Gasteiger partial charge in [-0.1, -0.05) is 0 Å². The number of hydrogen-bond donors (Lipinski definition) is 1. The Balaban J connectivity index is 2.65. The van der Waals surface area contributed by atoms with E-state index in [4.69, 9.17) is 15.7 Å². The van der Waals surface area contributed by atoms with Crippen molar-refractivity contribution in [2.75, 3.05) is 12.3 Å². The SMILES string of the molecule is N#Cc1ccnc(OCCC(F)(F)F)c1N. The number of nitrogen functional groups attached to an aromatic ring is 1. The van der Waals surface area contributed by atoms with Gasteiger partial charge in [-0.3, -0.25) is 0 Å². The molecular weight excluding hydrogens is 223 g/mol. The van der Waals surface area contributed by atoms with Crippen LogP contribution < -0.4 is 10.5 Å². The fraction of sp³-hybridized carbons (Fsp3) is 0.333. The number of alkyl halides is 3. The van der Waals surface area contributed by atoms with E-state index in [9.17, 15) is 13.2 Å². The van der Waals surface area contributed by atoms with Gasteiger partial charge in [-0.25, -0.2) is 4.98 Å². The van der Waals surface area contributed by atoms with E-state index in [1.54, 1.807) is 6.07 Å². The number of nitrogens with zero attached hydrogens (tertiary/aromatic N) is 2. The first kappa shape index (κ1) is 12.1. The van der Waals surface area contributed by atoms with E-state index in [2.05, 4.69) is 4.98 Å². The van der Waals surface area contributed by atoms with Gasteiger partial charge in [0.15, 0.2) is 0 Å². The van der Waals surface area contributed by atoms with Crippen molar-refractivity contribution in [3.05, 3.63) is 17.8 Å². The zero-order valence-electron chi connectivity index (χ0n) is 8.08. The lowest BCUT2D eigenvalue weighted by atomic mass is 10.2. The Hall–Kier alpha value is -1.97. The predicted molar refractivity (Wildman–Crippen MR) is 49.5 cm³/mol. The molecule has 0 aliphatic heterocycles. The normalized spacial score (nSPS) is 10.9. The number of ether oxygens (including phenoxy) is 1. The molecule has 0 aliphatic rings. The average Bonchev–Trinajstić information content (AvgIpc) is 2.19. The molecule has 0 atom stereocenters. The van der Waals surface area contributed by atoms with Crippen LogP contribution in [0.4, 0.5) is 18.9 Å². The van der Waals surface area contributed by atoms with Crippen LogP contribution in [0.3, 0.4) is 0 Å². The molecule has 0 aromatic carbocycles. The van der Waals surface area contributed by atoms with E-state index in [-0.39, 0.29) is 17.1 Å². The summed E-state index contributed by atoms with van der Waals surface area (Å²) in [6, 6.07) is 3.13. The van der Waals surface area contributed by atoms with E-state index in [1.165, 1.54) is 12.3 Å². The van der Waals surface area contributed by atoms with Crippen LogP contribution in [0, 0.1) is 11.3 Å². The van der Waals surface area contributed by atoms with Gasteiger partial charge in [-0.2, -0.15) is 18.4 Å². The number of nitriles is 1. The maximum atomic E-state index is 11.8. The fourth-order valence-electron chi connectivity index (χ4n) is 0.930. The summed E-state index contributed by atoms with van der Waals surface area (Å²) in [6.07, 6.45) is -4.13. The van der Waals surface area contributed by atoms with E-state index in [0.717, 1.165) is 0 Å². The molecule has 16 heavy (non-hydrogen) atoms. The molecule has 0 radical (unpaired) electrons. The highest BCUT2D eigenvalue weighted by molar-refractivity contribution is 5.59. The van der Waals surface area contributed by atoms with E-state index < -0.39 is 19.2 Å². The van der Waals surface area contributed by atoms with E-state index in [1.807, 2.05) is 0 Å². The molecule has 1 aromatic heterocycles. The van der Waals surface area contributed by atoms with Crippen LogP contribution in [-0.2, 0) is 0 Å². The maximum Gasteiger partial charge on any atom is 0.392 e. The number of rotatable bonds is 3. The maximum absolute atomic E-state index is 11.8. The minimum absolute atomic E-state index is 0.0489. The Morgan fingerprint density at radius 2 is 2.19 bits per heavy atom. The molecule has 0 spiro atoms. The van der Waals surface area contributed by atoms with Gasteiger partial charge in [0, 0.05) is 6.20 Å². The molecule has 0 saturated heterocycles. The second kappa shape index (κ2) is 4.70. The largest absolute Gasteiger partial charge is 0.476 e. The van der Waals surface area contributed by atoms with Gasteiger partial charge in [0.1, 0.15) is 11.8 Å². The molecule has 1 heterocycles. The minimum atomic E-state index is -4.29. The summed E-state index contributed by atoms with van der Waals surface area (Å²) in [5.74, 6) is -0.150. The van der Waals surface area contributed by atoms with Crippen LogP contribution in [0.2, 0.25) is 0 Å². The second-order valence-electron chi connectivity index (χ2n) is 2.90. The van der Waals surface area contributed by atoms with Gasteiger partial charge in [0.2, 0.25) is 5.88 Å². The lowest BCUT2D eigenvalue weighted by Crippen LogP contribution is -2.14. The Morgan fingerprint density at radius 1 is 1.50 bits per heavy atom. The van der Waals surface area contributed by atoms with Crippen molar-refractivity contribution in [3.63, 3.8) is 0 Å². The number of hydrogen-bond acceptors (Lipinski definition) is 4. The third kappa shape index (κ3) is 3.31. The standard InChI is InChI=1S/C9H8F3N3O/c10-9(11,12)2-4-16-8-7(14)6(5-13)1-3-15-8/h1,3H,2,4,14H2. The molecule has 0 bridgehead atoms. The minimum Gasteiger partial charge on any atom is -0.476 e. The highest BCUT2D eigenvalue weighted by atomic mass is 19.4. The number of nitrogens with two attached hydrogens (primary N) is 1. The third-order valence-corrected chi connectivity index (χ3v) is 1.70. The molecule has 2 N–H and O–H groups in total. The number of anilines is 1. The molecule has 0 fully saturated rings. The van der Waals surface area contributed by atoms with Crippen LogP contribution in [0.5, 0.6) is 5.88 Å². The third-order valence-electron chi connectivity index (χ3n) is 1.70. The first-order valence-electron chi connectivity index (χ1n) is 4.28. The topological polar surface area (TPSA) is 71.9 Å². The lowest BCUT2D eigenvalue weighted by molar-refractivity contribution is -0.139. The summed E-state index contributed by atoms with van der Waals surface area (Å²) in [7, 11) is 0. The number of aromatic nitrogens is 1.